The smallest absolute Gasteiger partial charge is 0.164 e. The van der Waals surface area contributed by atoms with Gasteiger partial charge in [-0.05, 0) is 49.2 Å². The molecule has 5 heteroatoms. The Morgan fingerprint density at radius 3 is 2.71 bits per heavy atom. The molecule has 0 saturated carbocycles. The van der Waals surface area contributed by atoms with Crippen LogP contribution in [-0.2, 0) is 5.88 Å². The molecule has 0 aliphatic carbocycles. The standard InChI is InChI=1S/C16H16ClN3O/c1-10-6-13-16(18-9-10)20(15(8-17)19-13)14-5-4-12(21-3)7-11(14)2/h4-7,9H,8H2,1-3H3. The Labute approximate surface area is 128 Å². The van der Waals surface area contributed by atoms with Gasteiger partial charge in [-0.15, -0.1) is 11.6 Å². The third-order valence-corrected chi connectivity index (χ3v) is 3.71. The maximum Gasteiger partial charge on any atom is 0.164 e. The van der Waals surface area contributed by atoms with Crippen LogP contribution in [0.1, 0.15) is 17.0 Å². The first-order chi connectivity index (χ1) is 10.1. The van der Waals surface area contributed by atoms with E-state index in [9.17, 15) is 0 Å². The highest BCUT2D eigenvalue weighted by Gasteiger charge is 2.15. The van der Waals surface area contributed by atoms with Crippen LogP contribution in [0.4, 0.5) is 0 Å². The molecule has 0 aliphatic rings. The van der Waals surface area contributed by atoms with E-state index in [1.54, 1.807) is 7.11 Å². The first kappa shape index (κ1) is 13.9. The van der Waals surface area contributed by atoms with Gasteiger partial charge in [0.1, 0.15) is 17.1 Å². The molecule has 0 fully saturated rings. The monoisotopic (exact) mass is 301 g/mol. The molecule has 0 saturated heterocycles. The van der Waals surface area contributed by atoms with E-state index in [0.29, 0.717) is 5.88 Å². The molecule has 1 aromatic carbocycles. The molecule has 0 amide bonds. The highest BCUT2D eigenvalue weighted by atomic mass is 35.5. The summed E-state index contributed by atoms with van der Waals surface area (Å²) in [6, 6.07) is 7.95. The minimum absolute atomic E-state index is 0.334. The molecule has 4 nitrogen and oxygen atoms in total. The molecular weight excluding hydrogens is 286 g/mol. The van der Waals surface area contributed by atoms with E-state index in [-0.39, 0.29) is 0 Å². The lowest BCUT2D eigenvalue weighted by Gasteiger charge is -2.11. The van der Waals surface area contributed by atoms with E-state index in [4.69, 9.17) is 16.3 Å². The molecule has 3 aromatic rings. The third-order valence-electron chi connectivity index (χ3n) is 3.47. The molecule has 2 aromatic heterocycles. The molecule has 21 heavy (non-hydrogen) atoms. The Morgan fingerprint density at radius 1 is 1.24 bits per heavy atom. The van der Waals surface area contributed by atoms with E-state index in [1.165, 1.54) is 0 Å². The van der Waals surface area contributed by atoms with Gasteiger partial charge in [-0.25, -0.2) is 9.97 Å². The molecular formula is C16H16ClN3O. The van der Waals surface area contributed by atoms with Crippen molar-refractivity contribution < 1.29 is 4.74 Å². The molecule has 2 heterocycles. The van der Waals surface area contributed by atoms with Crippen LogP contribution in [0.3, 0.4) is 0 Å². The first-order valence-corrected chi connectivity index (χ1v) is 7.22. The number of aryl methyl sites for hydroxylation is 2. The molecule has 0 spiro atoms. The van der Waals surface area contributed by atoms with Gasteiger partial charge in [-0.1, -0.05) is 0 Å². The van der Waals surface area contributed by atoms with Crippen molar-refractivity contribution in [1.82, 2.24) is 14.5 Å². The van der Waals surface area contributed by atoms with Crippen molar-refractivity contribution in [2.75, 3.05) is 7.11 Å². The largest absolute Gasteiger partial charge is 0.497 e. The number of nitrogens with zero attached hydrogens (tertiary/aromatic N) is 3. The van der Waals surface area contributed by atoms with Crippen LogP contribution in [0.2, 0.25) is 0 Å². The number of rotatable bonds is 3. The molecule has 0 radical (unpaired) electrons. The van der Waals surface area contributed by atoms with Gasteiger partial charge >= 0.3 is 0 Å². The van der Waals surface area contributed by atoms with Crippen molar-refractivity contribution in [3.8, 4) is 11.4 Å². The number of alkyl halides is 1. The molecule has 108 valence electrons. The molecule has 0 aliphatic heterocycles. The van der Waals surface area contributed by atoms with Crippen LogP contribution in [0, 0.1) is 13.8 Å². The highest BCUT2D eigenvalue weighted by molar-refractivity contribution is 6.16. The fourth-order valence-corrected chi connectivity index (χ4v) is 2.64. The quantitative estimate of drug-likeness (QED) is 0.691. The van der Waals surface area contributed by atoms with Gasteiger partial charge < -0.3 is 4.74 Å². The summed E-state index contributed by atoms with van der Waals surface area (Å²) < 4.78 is 7.27. The second-order valence-corrected chi connectivity index (χ2v) is 5.27. The SMILES string of the molecule is COc1ccc(-n2c(CCl)nc3cc(C)cnc32)c(C)c1. The van der Waals surface area contributed by atoms with Crippen molar-refractivity contribution in [3.05, 3.63) is 47.4 Å². The number of hydrogen-bond acceptors (Lipinski definition) is 3. The van der Waals surface area contributed by atoms with Crippen LogP contribution in [0.25, 0.3) is 16.9 Å². The number of ether oxygens (including phenoxy) is 1. The Hall–Kier alpha value is -2.07. The summed E-state index contributed by atoms with van der Waals surface area (Å²) in [5.74, 6) is 1.95. The zero-order valence-electron chi connectivity index (χ0n) is 12.2. The Bertz CT molecular complexity index is 811. The molecule has 0 unspecified atom stereocenters. The second kappa shape index (κ2) is 5.37. The van der Waals surface area contributed by atoms with Gasteiger partial charge in [0.2, 0.25) is 0 Å². The van der Waals surface area contributed by atoms with E-state index in [0.717, 1.165) is 39.6 Å². The summed E-state index contributed by atoms with van der Waals surface area (Å²) in [6.07, 6.45) is 1.84. The number of halogens is 1. The van der Waals surface area contributed by atoms with Crippen molar-refractivity contribution in [3.63, 3.8) is 0 Å². The number of methoxy groups -OCH3 is 1. The summed E-state index contributed by atoms with van der Waals surface area (Å²) in [5, 5.41) is 0. The maximum absolute atomic E-state index is 6.07. The van der Waals surface area contributed by atoms with E-state index in [1.807, 2.05) is 48.9 Å². The van der Waals surface area contributed by atoms with Gasteiger partial charge in [0.15, 0.2) is 5.65 Å². The maximum atomic E-state index is 6.07. The van der Waals surface area contributed by atoms with Crippen LogP contribution in [-0.4, -0.2) is 21.6 Å². The minimum atomic E-state index is 0.334. The van der Waals surface area contributed by atoms with Crippen LogP contribution in [0.15, 0.2) is 30.5 Å². The molecule has 0 N–H and O–H groups in total. The zero-order valence-corrected chi connectivity index (χ0v) is 13.0. The number of hydrogen-bond donors (Lipinski definition) is 0. The lowest BCUT2D eigenvalue weighted by Crippen LogP contribution is -2.02. The van der Waals surface area contributed by atoms with Gasteiger partial charge in [0, 0.05) is 6.20 Å². The van der Waals surface area contributed by atoms with E-state index in [2.05, 4.69) is 9.97 Å². The summed E-state index contributed by atoms with van der Waals surface area (Å²) in [5.41, 5.74) is 4.87. The van der Waals surface area contributed by atoms with Gasteiger partial charge in [-0.2, -0.15) is 0 Å². The number of imidazole rings is 1. The fraction of sp³-hybridized carbons (Fsp3) is 0.250. The number of aromatic nitrogens is 3. The average molecular weight is 302 g/mol. The first-order valence-electron chi connectivity index (χ1n) is 6.69. The second-order valence-electron chi connectivity index (χ2n) is 5.00. The lowest BCUT2D eigenvalue weighted by molar-refractivity contribution is 0.414. The summed E-state index contributed by atoms with van der Waals surface area (Å²) in [4.78, 5) is 9.11. The molecule has 3 rings (SSSR count). The number of pyridine rings is 1. The lowest BCUT2D eigenvalue weighted by atomic mass is 10.2. The van der Waals surface area contributed by atoms with Crippen molar-refractivity contribution in [2.45, 2.75) is 19.7 Å². The summed E-state index contributed by atoms with van der Waals surface area (Å²) >= 11 is 6.07. The Morgan fingerprint density at radius 2 is 2.05 bits per heavy atom. The van der Waals surface area contributed by atoms with Crippen molar-refractivity contribution in [1.29, 1.82) is 0 Å². The normalized spacial score (nSPS) is 11.0. The van der Waals surface area contributed by atoms with Gasteiger partial charge in [-0.3, -0.25) is 4.57 Å². The average Bonchev–Trinajstić information content (AvgIpc) is 2.84. The highest BCUT2D eigenvalue weighted by Crippen LogP contribution is 2.26. The van der Waals surface area contributed by atoms with E-state index >= 15 is 0 Å². The number of fused-ring (bicyclic) bond motifs is 1. The number of benzene rings is 1. The fourth-order valence-electron chi connectivity index (χ4n) is 2.46. The van der Waals surface area contributed by atoms with Crippen LogP contribution >= 0.6 is 11.6 Å². The van der Waals surface area contributed by atoms with Crippen molar-refractivity contribution in [2.24, 2.45) is 0 Å². The van der Waals surface area contributed by atoms with Gasteiger partial charge in [0.05, 0.1) is 18.7 Å². The molecule has 0 atom stereocenters. The predicted molar refractivity (Wildman–Crippen MR) is 84.4 cm³/mol. The topological polar surface area (TPSA) is 39.9 Å². The Balaban J connectivity index is 2.28. The summed E-state index contributed by atoms with van der Waals surface area (Å²) in [6.45, 7) is 4.04. The predicted octanol–water partition coefficient (Wildman–Crippen LogP) is 3.78. The molecule has 0 bridgehead atoms. The van der Waals surface area contributed by atoms with Crippen molar-refractivity contribution >= 4 is 22.8 Å². The third kappa shape index (κ3) is 2.36. The summed E-state index contributed by atoms with van der Waals surface area (Å²) in [7, 11) is 1.66. The van der Waals surface area contributed by atoms with Gasteiger partial charge in [0.25, 0.3) is 0 Å². The van der Waals surface area contributed by atoms with Crippen LogP contribution < -0.4 is 4.74 Å². The van der Waals surface area contributed by atoms with E-state index < -0.39 is 0 Å². The van der Waals surface area contributed by atoms with Crippen LogP contribution in [0.5, 0.6) is 5.75 Å². The zero-order chi connectivity index (χ0) is 15.0. The minimum Gasteiger partial charge on any atom is -0.497 e. The Kier molecular flexibility index (Phi) is 3.55.